The van der Waals surface area contributed by atoms with Crippen molar-refractivity contribution >= 4 is 50.4 Å². The van der Waals surface area contributed by atoms with Gasteiger partial charge < -0.3 is 9.64 Å². The minimum Gasteiger partial charge on any atom is -0.465 e. The number of thioether (sulfide) groups is 1. The number of methoxy groups -OCH3 is 1. The molecule has 1 atom stereocenters. The van der Waals surface area contributed by atoms with Crippen LogP contribution in [0.15, 0.2) is 22.7 Å². The number of rotatable bonds is 4. The van der Waals surface area contributed by atoms with Crippen molar-refractivity contribution in [2.24, 2.45) is 5.92 Å². The number of carbonyl (C=O) groups excluding carboxylic acids is 3. The van der Waals surface area contributed by atoms with Crippen molar-refractivity contribution in [2.45, 2.75) is 13.3 Å². The highest BCUT2D eigenvalue weighted by Crippen LogP contribution is 2.33. The highest BCUT2D eigenvalue weighted by molar-refractivity contribution is 9.10. The van der Waals surface area contributed by atoms with Gasteiger partial charge in [0, 0.05) is 30.1 Å². The predicted molar refractivity (Wildman–Crippen MR) is 89.1 cm³/mol. The summed E-state index contributed by atoms with van der Waals surface area (Å²) in [7, 11) is 1.32. The molecule has 5 nitrogen and oxygen atoms in total. The summed E-state index contributed by atoms with van der Waals surface area (Å²) in [5.41, 5.74) is 1.05. The molecule has 0 saturated carbocycles. The lowest BCUT2D eigenvalue weighted by Crippen LogP contribution is -2.25. The first-order valence-corrected chi connectivity index (χ1v) is 8.51. The van der Waals surface area contributed by atoms with Crippen LogP contribution in [0.3, 0.4) is 0 Å². The molecule has 1 unspecified atom stereocenters. The number of esters is 1. The maximum atomic E-state index is 12.2. The molecule has 1 fully saturated rings. The number of carbonyl (C=O) groups is 3. The lowest BCUT2D eigenvalue weighted by atomic mass is 10.1. The van der Waals surface area contributed by atoms with E-state index in [-0.39, 0.29) is 16.9 Å². The summed E-state index contributed by atoms with van der Waals surface area (Å²) in [5.74, 6) is 0.322. The lowest BCUT2D eigenvalue weighted by molar-refractivity contribution is -0.117. The fraction of sp³-hybridized carbons (Fsp3) is 0.400. The number of anilines is 1. The maximum absolute atomic E-state index is 12.2. The second kappa shape index (κ2) is 7.28. The van der Waals surface area contributed by atoms with E-state index in [0.29, 0.717) is 30.0 Å². The van der Waals surface area contributed by atoms with Gasteiger partial charge in [-0.05, 0) is 40.0 Å². The Labute approximate surface area is 141 Å². The summed E-state index contributed by atoms with van der Waals surface area (Å²) in [6, 6.07) is 5.02. The van der Waals surface area contributed by atoms with E-state index >= 15 is 0 Å². The molecule has 1 aliphatic rings. The van der Waals surface area contributed by atoms with Crippen molar-refractivity contribution in [2.75, 3.05) is 24.3 Å². The Morgan fingerprint density at radius 2 is 2.18 bits per heavy atom. The van der Waals surface area contributed by atoms with Crippen molar-refractivity contribution in [3.05, 3.63) is 28.2 Å². The van der Waals surface area contributed by atoms with E-state index in [2.05, 4.69) is 15.9 Å². The van der Waals surface area contributed by atoms with Crippen LogP contribution in [0.5, 0.6) is 0 Å². The first-order valence-electron chi connectivity index (χ1n) is 6.74. The zero-order chi connectivity index (χ0) is 16.3. The third-order valence-electron chi connectivity index (χ3n) is 3.39. The number of hydrogen-bond acceptors (Lipinski definition) is 5. The predicted octanol–water partition coefficient (Wildman–Crippen LogP) is 2.87. The number of benzene rings is 1. The van der Waals surface area contributed by atoms with Crippen molar-refractivity contribution in [3.8, 4) is 0 Å². The minimum absolute atomic E-state index is 0.00290. The molecule has 0 radical (unpaired) electrons. The number of ether oxygens (including phenoxy) is 1. The summed E-state index contributed by atoms with van der Waals surface area (Å²) in [6.45, 7) is 2.07. The molecule has 1 amide bonds. The summed E-state index contributed by atoms with van der Waals surface area (Å²) in [4.78, 5) is 36.6. The average molecular weight is 386 g/mol. The standard InChI is InChI=1S/C15H16BrNO4S/c1-9(18)22-8-10-5-14(19)17(7-10)13-6-11(15(20)21-2)3-4-12(13)16/h3-4,6,10H,5,7-8H2,1-2H3. The molecule has 0 spiro atoms. The van der Waals surface area contributed by atoms with E-state index < -0.39 is 5.97 Å². The lowest BCUT2D eigenvalue weighted by Gasteiger charge is -2.19. The van der Waals surface area contributed by atoms with Gasteiger partial charge in [0.15, 0.2) is 5.12 Å². The Kier molecular flexibility index (Phi) is 5.63. The van der Waals surface area contributed by atoms with Gasteiger partial charge in [-0.3, -0.25) is 9.59 Å². The number of halogens is 1. The number of amides is 1. The van der Waals surface area contributed by atoms with Gasteiger partial charge in [0.25, 0.3) is 0 Å². The van der Waals surface area contributed by atoms with Crippen LogP contribution in [0.4, 0.5) is 5.69 Å². The smallest absolute Gasteiger partial charge is 0.337 e. The Bertz CT molecular complexity index is 620. The van der Waals surface area contributed by atoms with Gasteiger partial charge in [0.05, 0.1) is 18.4 Å². The topological polar surface area (TPSA) is 63.7 Å². The number of nitrogens with zero attached hydrogens (tertiary/aromatic N) is 1. The minimum atomic E-state index is -0.441. The Morgan fingerprint density at radius 1 is 1.45 bits per heavy atom. The highest BCUT2D eigenvalue weighted by Gasteiger charge is 2.32. The first kappa shape index (κ1) is 17.0. The van der Waals surface area contributed by atoms with E-state index in [1.165, 1.54) is 25.8 Å². The van der Waals surface area contributed by atoms with Gasteiger partial charge in [-0.1, -0.05) is 11.8 Å². The first-order chi connectivity index (χ1) is 10.4. The van der Waals surface area contributed by atoms with Crippen molar-refractivity contribution < 1.29 is 19.1 Å². The van der Waals surface area contributed by atoms with Crippen LogP contribution >= 0.6 is 27.7 Å². The molecule has 1 saturated heterocycles. The van der Waals surface area contributed by atoms with Gasteiger partial charge in [0.2, 0.25) is 5.91 Å². The largest absolute Gasteiger partial charge is 0.465 e. The van der Waals surface area contributed by atoms with Crippen LogP contribution in [0.2, 0.25) is 0 Å². The van der Waals surface area contributed by atoms with E-state index in [9.17, 15) is 14.4 Å². The van der Waals surface area contributed by atoms with E-state index in [1.807, 2.05) is 0 Å². The molecule has 1 heterocycles. The van der Waals surface area contributed by atoms with Gasteiger partial charge in [0.1, 0.15) is 0 Å². The molecule has 0 bridgehead atoms. The third kappa shape index (κ3) is 3.89. The van der Waals surface area contributed by atoms with Gasteiger partial charge in [-0.15, -0.1) is 0 Å². The Hall–Kier alpha value is -1.34. The molecule has 0 aliphatic carbocycles. The SMILES string of the molecule is COC(=O)c1ccc(Br)c(N2CC(CSC(C)=O)CC2=O)c1. The van der Waals surface area contributed by atoms with E-state index in [1.54, 1.807) is 23.1 Å². The highest BCUT2D eigenvalue weighted by atomic mass is 79.9. The van der Waals surface area contributed by atoms with Crippen molar-refractivity contribution in [1.82, 2.24) is 0 Å². The van der Waals surface area contributed by atoms with Gasteiger partial charge in [-0.2, -0.15) is 0 Å². The molecular weight excluding hydrogens is 370 g/mol. The molecule has 118 valence electrons. The quantitative estimate of drug-likeness (QED) is 0.745. The third-order valence-corrected chi connectivity index (χ3v) is 5.10. The fourth-order valence-electron chi connectivity index (χ4n) is 2.33. The van der Waals surface area contributed by atoms with Crippen molar-refractivity contribution in [3.63, 3.8) is 0 Å². The van der Waals surface area contributed by atoms with E-state index in [4.69, 9.17) is 4.74 Å². The van der Waals surface area contributed by atoms with Crippen molar-refractivity contribution in [1.29, 1.82) is 0 Å². The molecular formula is C15H16BrNO4S. The summed E-state index contributed by atoms with van der Waals surface area (Å²) < 4.78 is 5.45. The molecule has 7 heteroatoms. The Balaban J connectivity index is 2.19. The average Bonchev–Trinajstić information content (AvgIpc) is 2.86. The molecule has 1 aromatic carbocycles. The second-order valence-corrected chi connectivity index (χ2v) is 7.09. The van der Waals surface area contributed by atoms with Gasteiger partial charge >= 0.3 is 5.97 Å². The fourth-order valence-corrected chi connectivity index (χ4v) is 3.48. The zero-order valence-corrected chi connectivity index (χ0v) is 14.7. The van der Waals surface area contributed by atoms with E-state index in [0.717, 1.165) is 4.47 Å². The summed E-state index contributed by atoms with van der Waals surface area (Å²) in [6.07, 6.45) is 0.412. The van der Waals surface area contributed by atoms with Crippen LogP contribution < -0.4 is 4.90 Å². The molecule has 0 N–H and O–H groups in total. The number of hydrogen-bond donors (Lipinski definition) is 0. The van der Waals surface area contributed by atoms with Gasteiger partial charge in [-0.25, -0.2) is 4.79 Å². The molecule has 22 heavy (non-hydrogen) atoms. The van der Waals surface area contributed by atoms with Crippen LogP contribution in [0.1, 0.15) is 23.7 Å². The van der Waals surface area contributed by atoms with Crippen LogP contribution in [-0.4, -0.2) is 36.4 Å². The van der Waals surface area contributed by atoms with Crippen LogP contribution in [0.25, 0.3) is 0 Å². The summed E-state index contributed by atoms with van der Waals surface area (Å²) >= 11 is 4.66. The molecule has 1 aromatic rings. The Morgan fingerprint density at radius 3 is 2.82 bits per heavy atom. The second-order valence-electron chi connectivity index (χ2n) is 5.03. The molecule has 2 rings (SSSR count). The maximum Gasteiger partial charge on any atom is 0.337 e. The normalized spacial score (nSPS) is 17.7. The monoisotopic (exact) mass is 385 g/mol. The van der Waals surface area contributed by atoms with Crippen LogP contribution in [-0.2, 0) is 14.3 Å². The van der Waals surface area contributed by atoms with Crippen LogP contribution in [0, 0.1) is 5.92 Å². The molecule has 0 aromatic heterocycles. The molecule has 1 aliphatic heterocycles. The zero-order valence-electron chi connectivity index (χ0n) is 12.3. The summed E-state index contributed by atoms with van der Waals surface area (Å²) in [5, 5.41) is 0.0553.